The Hall–Kier alpha value is -3.06. The number of hydrogen-bond donors (Lipinski definition) is 1. The summed E-state index contributed by atoms with van der Waals surface area (Å²) in [5.41, 5.74) is 2.32. The molecule has 26 heavy (non-hydrogen) atoms. The van der Waals surface area contributed by atoms with E-state index in [4.69, 9.17) is 9.47 Å². The number of thiazole rings is 1. The van der Waals surface area contributed by atoms with E-state index < -0.39 is 5.97 Å². The third kappa shape index (κ3) is 3.48. The zero-order chi connectivity index (χ0) is 17.9. The van der Waals surface area contributed by atoms with Crippen LogP contribution in [0, 0.1) is 0 Å². The van der Waals surface area contributed by atoms with Crippen molar-refractivity contribution >= 4 is 28.1 Å². The molecule has 1 aromatic heterocycles. The van der Waals surface area contributed by atoms with E-state index in [2.05, 4.69) is 10.3 Å². The van der Waals surface area contributed by atoms with Gasteiger partial charge in [-0.25, -0.2) is 4.98 Å². The van der Waals surface area contributed by atoms with Gasteiger partial charge in [0.15, 0.2) is 16.6 Å². The molecular formula is C19H15N2O4S-. The second kappa shape index (κ2) is 7.05. The molecule has 1 aliphatic heterocycles. The maximum absolute atomic E-state index is 11.1. The molecule has 0 atom stereocenters. The number of ether oxygens (including phenoxy) is 2. The second-order valence-corrected chi connectivity index (χ2v) is 6.77. The van der Waals surface area contributed by atoms with E-state index in [0.29, 0.717) is 40.4 Å². The van der Waals surface area contributed by atoms with E-state index in [1.807, 2.05) is 48.5 Å². The lowest BCUT2D eigenvalue weighted by molar-refractivity contribution is -0.304. The minimum atomic E-state index is -1.13. The fourth-order valence-electron chi connectivity index (χ4n) is 2.72. The Bertz CT molecular complexity index is 940. The van der Waals surface area contributed by atoms with Crippen LogP contribution in [0.25, 0.3) is 11.3 Å². The van der Waals surface area contributed by atoms with Crippen LogP contribution in [-0.2, 0) is 11.2 Å². The van der Waals surface area contributed by atoms with Crippen LogP contribution in [0.1, 0.15) is 4.88 Å². The lowest BCUT2D eigenvalue weighted by atomic mass is 10.1. The molecule has 7 heteroatoms. The van der Waals surface area contributed by atoms with Crippen molar-refractivity contribution in [2.45, 2.75) is 6.42 Å². The Labute approximate surface area is 154 Å². The van der Waals surface area contributed by atoms with E-state index in [-0.39, 0.29) is 6.42 Å². The van der Waals surface area contributed by atoms with E-state index in [1.165, 1.54) is 11.3 Å². The van der Waals surface area contributed by atoms with Crippen molar-refractivity contribution in [2.24, 2.45) is 0 Å². The fraction of sp³-hybridized carbons (Fsp3) is 0.158. The smallest absolute Gasteiger partial charge is 0.187 e. The molecule has 132 valence electrons. The summed E-state index contributed by atoms with van der Waals surface area (Å²) >= 11 is 1.30. The Morgan fingerprint density at radius 2 is 1.88 bits per heavy atom. The lowest BCUT2D eigenvalue weighted by Crippen LogP contribution is -2.24. The van der Waals surface area contributed by atoms with Gasteiger partial charge in [0.2, 0.25) is 0 Å². The highest BCUT2D eigenvalue weighted by Gasteiger charge is 2.15. The van der Waals surface area contributed by atoms with Crippen LogP contribution < -0.4 is 19.9 Å². The summed E-state index contributed by atoms with van der Waals surface area (Å²) in [6.07, 6.45) is -0.176. The number of carboxylic acids is 1. The number of hydrogen-bond acceptors (Lipinski definition) is 7. The fourth-order valence-corrected chi connectivity index (χ4v) is 3.71. The van der Waals surface area contributed by atoms with Gasteiger partial charge >= 0.3 is 0 Å². The van der Waals surface area contributed by atoms with Gasteiger partial charge in [0, 0.05) is 34.6 Å². The summed E-state index contributed by atoms with van der Waals surface area (Å²) in [5.74, 6) is 0.260. The molecule has 0 amide bonds. The third-order valence-electron chi connectivity index (χ3n) is 3.84. The van der Waals surface area contributed by atoms with Gasteiger partial charge in [-0.15, -0.1) is 11.3 Å². The molecule has 0 aliphatic carbocycles. The van der Waals surface area contributed by atoms with Crippen molar-refractivity contribution < 1.29 is 19.4 Å². The maximum atomic E-state index is 11.1. The van der Waals surface area contributed by atoms with E-state index in [1.54, 1.807) is 0 Å². The average molecular weight is 367 g/mol. The van der Waals surface area contributed by atoms with Crippen LogP contribution in [0.3, 0.4) is 0 Å². The van der Waals surface area contributed by atoms with Gasteiger partial charge in [-0.3, -0.25) is 0 Å². The number of fused-ring (bicyclic) bond motifs is 1. The normalized spacial score (nSPS) is 12.6. The Morgan fingerprint density at radius 1 is 1.12 bits per heavy atom. The van der Waals surface area contributed by atoms with E-state index >= 15 is 0 Å². The van der Waals surface area contributed by atoms with Gasteiger partial charge in [0.1, 0.15) is 13.2 Å². The number of aliphatic carboxylic acids is 1. The first-order chi connectivity index (χ1) is 12.7. The molecule has 0 saturated heterocycles. The molecular weight excluding hydrogens is 352 g/mol. The quantitative estimate of drug-likeness (QED) is 0.746. The van der Waals surface area contributed by atoms with Gasteiger partial charge in [-0.2, -0.15) is 0 Å². The largest absolute Gasteiger partial charge is 0.550 e. The van der Waals surface area contributed by atoms with Crippen LogP contribution >= 0.6 is 11.3 Å². The van der Waals surface area contributed by atoms with Gasteiger partial charge in [0.05, 0.1) is 5.69 Å². The highest BCUT2D eigenvalue weighted by molar-refractivity contribution is 7.16. The molecule has 1 aliphatic rings. The molecule has 3 aromatic rings. The second-order valence-electron chi connectivity index (χ2n) is 5.69. The molecule has 2 aromatic carbocycles. The number of rotatable bonds is 5. The number of aromatic nitrogens is 1. The van der Waals surface area contributed by atoms with Gasteiger partial charge < -0.3 is 24.7 Å². The van der Waals surface area contributed by atoms with Crippen molar-refractivity contribution in [1.29, 1.82) is 0 Å². The predicted molar refractivity (Wildman–Crippen MR) is 97.0 cm³/mol. The third-order valence-corrected chi connectivity index (χ3v) is 4.81. The Kier molecular flexibility index (Phi) is 4.45. The summed E-state index contributed by atoms with van der Waals surface area (Å²) in [6, 6.07) is 15.1. The molecule has 2 heterocycles. The number of carboxylic acid groups (broad SMARTS) is 1. The minimum absolute atomic E-state index is 0.176. The number of anilines is 2. The topological polar surface area (TPSA) is 83.5 Å². The molecule has 0 unspecified atom stereocenters. The van der Waals surface area contributed by atoms with Crippen LogP contribution in [0.15, 0.2) is 48.5 Å². The van der Waals surface area contributed by atoms with Gasteiger partial charge in [-0.1, -0.05) is 30.3 Å². The standard InChI is InChI=1S/C19H16N2O4S/c22-17(23)11-16-18(12-4-2-1-3-5-12)21-19(26-16)20-13-6-7-14-15(10-13)25-9-8-24-14/h1-7,10H,8-9,11H2,(H,20,21)(H,22,23)/p-1. The molecule has 0 radical (unpaired) electrons. The zero-order valence-electron chi connectivity index (χ0n) is 13.7. The predicted octanol–water partition coefficient (Wildman–Crippen LogP) is 2.62. The Balaban J connectivity index is 1.64. The first-order valence-electron chi connectivity index (χ1n) is 8.11. The van der Waals surface area contributed by atoms with Crippen molar-refractivity contribution in [3.8, 4) is 22.8 Å². The van der Waals surface area contributed by atoms with Crippen LogP contribution in [0.2, 0.25) is 0 Å². The number of benzene rings is 2. The number of nitrogens with one attached hydrogen (secondary N) is 1. The van der Waals surface area contributed by atoms with Crippen molar-refractivity contribution in [3.05, 3.63) is 53.4 Å². The monoisotopic (exact) mass is 367 g/mol. The molecule has 0 fully saturated rings. The molecule has 0 saturated carbocycles. The van der Waals surface area contributed by atoms with Crippen LogP contribution in [0.4, 0.5) is 10.8 Å². The summed E-state index contributed by atoms with van der Waals surface area (Å²) in [6.45, 7) is 1.06. The lowest BCUT2D eigenvalue weighted by Gasteiger charge is -2.18. The first-order valence-corrected chi connectivity index (χ1v) is 8.92. The highest BCUT2D eigenvalue weighted by atomic mass is 32.1. The SMILES string of the molecule is O=C([O-])Cc1sc(Nc2ccc3c(c2)OCCO3)nc1-c1ccccc1. The van der Waals surface area contributed by atoms with Crippen LogP contribution in [0.5, 0.6) is 11.5 Å². The van der Waals surface area contributed by atoms with Gasteiger partial charge in [-0.05, 0) is 12.1 Å². The van der Waals surface area contributed by atoms with Crippen molar-refractivity contribution in [3.63, 3.8) is 0 Å². The van der Waals surface area contributed by atoms with Crippen LogP contribution in [-0.4, -0.2) is 24.2 Å². The Morgan fingerprint density at radius 3 is 2.65 bits per heavy atom. The van der Waals surface area contributed by atoms with Gasteiger partial charge in [0.25, 0.3) is 0 Å². The molecule has 1 N–H and O–H groups in total. The van der Waals surface area contributed by atoms with E-state index in [0.717, 1.165) is 11.3 Å². The minimum Gasteiger partial charge on any atom is -0.550 e. The van der Waals surface area contributed by atoms with E-state index in [9.17, 15) is 9.90 Å². The first kappa shape index (κ1) is 16.4. The maximum Gasteiger partial charge on any atom is 0.187 e. The summed E-state index contributed by atoms with van der Waals surface area (Å²) < 4.78 is 11.1. The molecule has 6 nitrogen and oxygen atoms in total. The van der Waals surface area contributed by atoms with Crippen molar-refractivity contribution in [2.75, 3.05) is 18.5 Å². The summed E-state index contributed by atoms with van der Waals surface area (Å²) in [7, 11) is 0. The highest BCUT2D eigenvalue weighted by Crippen LogP contribution is 2.36. The number of nitrogens with zero attached hydrogens (tertiary/aromatic N) is 1. The molecule has 0 spiro atoms. The van der Waals surface area contributed by atoms with Crippen molar-refractivity contribution in [1.82, 2.24) is 4.98 Å². The average Bonchev–Trinajstić information content (AvgIpc) is 3.04. The molecule has 4 rings (SSSR count). The number of carbonyl (C=O) groups excluding carboxylic acids is 1. The summed E-state index contributed by atoms with van der Waals surface area (Å²) in [4.78, 5) is 16.3. The zero-order valence-corrected chi connectivity index (χ0v) is 14.5. The number of carbonyl (C=O) groups is 1. The molecule has 0 bridgehead atoms. The summed E-state index contributed by atoms with van der Waals surface area (Å²) in [5, 5.41) is 14.9.